The number of hydrogen-bond acceptors (Lipinski definition) is 1. The SMILES string of the molecule is CCn1cc(Br)cc1C(=O)N(C)C(C)(C)CC. The predicted molar refractivity (Wildman–Crippen MR) is 74.3 cm³/mol. The average molecular weight is 301 g/mol. The minimum atomic E-state index is -0.119. The van der Waals surface area contributed by atoms with E-state index >= 15 is 0 Å². The summed E-state index contributed by atoms with van der Waals surface area (Å²) in [7, 11) is 1.87. The van der Waals surface area contributed by atoms with E-state index in [1.807, 2.05) is 35.7 Å². The number of nitrogens with zero attached hydrogens (tertiary/aromatic N) is 2. The zero-order valence-electron chi connectivity index (χ0n) is 11.2. The van der Waals surface area contributed by atoms with E-state index in [9.17, 15) is 4.79 Å². The van der Waals surface area contributed by atoms with Gasteiger partial charge in [-0.1, -0.05) is 6.92 Å². The van der Waals surface area contributed by atoms with Gasteiger partial charge >= 0.3 is 0 Å². The van der Waals surface area contributed by atoms with Gasteiger partial charge < -0.3 is 9.47 Å². The highest BCUT2D eigenvalue weighted by Gasteiger charge is 2.28. The number of carbonyl (C=O) groups is 1. The van der Waals surface area contributed by atoms with E-state index in [1.54, 1.807) is 0 Å². The van der Waals surface area contributed by atoms with Gasteiger partial charge in [-0.15, -0.1) is 0 Å². The number of amides is 1. The van der Waals surface area contributed by atoms with E-state index in [0.29, 0.717) is 0 Å². The largest absolute Gasteiger partial charge is 0.343 e. The van der Waals surface area contributed by atoms with Crippen molar-refractivity contribution in [3.05, 3.63) is 22.4 Å². The molecule has 0 aliphatic carbocycles. The molecule has 0 aliphatic rings. The van der Waals surface area contributed by atoms with E-state index in [2.05, 4.69) is 36.7 Å². The van der Waals surface area contributed by atoms with Crippen molar-refractivity contribution >= 4 is 21.8 Å². The maximum atomic E-state index is 12.4. The highest BCUT2D eigenvalue weighted by atomic mass is 79.9. The third-order valence-corrected chi connectivity index (χ3v) is 3.93. The smallest absolute Gasteiger partial charge is 0.270 e. The van der Waals surface area contributed by atoms with Gasteiger partial charge in [-0.05, 0) is 49.2 Å². The van der Waals surface area contributed by atoms with Crippen molar-refractivity contribution in [2.45, 2.75) is 46.2 Å². The highest BCUT2D eigenvalue weighted by Crippen LogP contribution is 2.22. The summed E-state index contributed by atoms with van der Waals surface area (Å²) in [4.78, 5) is 14.2. The minimum absolute atomic E-state index is 0.0735. The lowest BCUT2D eigenvalue weighted by molar-refractivity contribution is 0.0609. The van der Waals surface area contributed by atoms with Gasteiger partial charge in [0.25, 0.3) is 5.91 Å². The molecule has 1 aromatic heterocycles. The van der Waals surface area contributed by atoms with E-state index < -0.39 is 0 Å². The Labute approximate surface area is 112 Å². The van der Waals surface area contributed by atoms with Gasteiger partial charge in [-0.25, -0.2) is 0 Å². The van der Waals surface area contributed by atoms with Crippen molar-refractivity contribution in [2.75, 3.05) is 7.05 Å². The number of hydrogen-bond donors (Lipinski definition) is 0. The summed E-state index contributed by atoms with van der Waals surface area (Å²) in [5.41, 5.74) is 0.621. The monoisotopic (exact) mass is 300 g/mol. The molecule has 1 amide bonds. The number of aryl methyl sites for hydroxylation is 1. The number of carbonyl (C=O) groups excluding carboxylic acids is 1. The van der Waals surface area contributed by atoms with E-state index in [1.165, 1.54) is 0 Å². The van der Waals surface area contributed by atoms with Crippen LogP contribution in [0.25, 0.3) is 0 Å². The summed E-state index contributed by atoms with van der Waals surface area (Å²) in [6, 6.07) is 1.88. The first kappa shape index (κ1) is 14.3. The molecule has 4 heteroatoms. The van der Waals surface area contributed by atoms with Gasteiger partial charge in [-0.3, -0.25) is 4.79 Å². The quantitative estimate of drug-likeness (QED) is 0.835. The molecule has 1 aromatic rings. The van der Waals surface area contributed by atoms with Crippen LogP contribution in [0.2, 0.25) is 0 Å². The topological polar surface area (TPSA) is 25.2 Å². The molecule has 1 heterocycles. The van der Waals surface area contributed by atoms with Gasteiger partial charge in [0, 0.05) is 29.8 Å². The lowest BCUT2D eigenvalue weighted by atomic mass is 9.99. The molecule has 0 atom stereocenters. The molecular formula is C13H21BrN2O. The molecule has 0 unspecified atom stereocenters. The van der Waals surface area contributed by atoms with E-state index in [4.69, 9.17) is 0 Å². The fourth-order valence-corrected chi connectivity index (χ4v) is 2.06. The highest BCUT2D eigenvalue weighted by molar-refractivity contribution is 9.10. The van der Waals surface area contributed by atoms with Crippen LogP contribution in [0.4, 0.5) is 0 Å². The van der Waals surface area contributed by atoms with Crippen LogP contribution in [0.1, 0.15) is 44.6 Å². The lowest BCUT2D eigenvalue weighted by Gasteiger charge is -2.35. The Morgan fingerprint density at radius 3 is 2.53 bits per heavy atom. The first-order valence-corrected chi connectivity index (χ1v) is 6.76. The van der Waals surface area contributed by atoms with Crippen LogP contribution in [0.5, 0.6) is 0 Å². The van der Waals surface area contributed by atoms with Gasteiger partial charge in [0.2, 0.25) is 0 Å². The van der Waals surface area contributed by atoms with Crippen LogP contribution < -0.4 is 0 Å². The molecule has 0 spiro atoms. The van der Waals surface area contributed by atoms with Crippen LogP contribution in [0.3, 0.4) is 0 Å². The fourth-order valence-electron chi connectivity index (χ4n) is 1.60. The van der Waals surface area contributed by atoms with Gasteiger partial charge in [0.05, 0.1) is 0 Å². The predicted octanol–water partition coefficient (Wildman–Crippen LogP) is 3.53. The van der Waals surface area contributed by atoms with Crippen LogP contribution in [0, 0.1) is 0 Å². The van der Waals surface area contributed by atoms with Crippen LogP contribution in [-0.2, 0) is 6.54 Å². The molecule has 0 saturated carbocycles. The van der Waals surface area contributed by atoms with Crippen molar-refractivity contribution in [3.63, 3.8) is 0 Å². The lowest BCUT2D eigenvalue weighted by Crippen LogP contribution is -2.45. The van der Waals surface area contributed by atoms with Crippen molar-refractivity contribution in [1.29, 1.82) is 0 Å². The van der Waals surface area contributed by atoms with Crippen LogP contribution in [-0.4, -0.2) is 28.0 Å². The third-order valence-electron chi connectivity index (χ3n) is 3.50. The van der Waals surface area contributed by atoms with Crippen LogP contribution in [0.15, 0.2) is 16.7 Å². The number of aromatic nitrogens is 1. The molecular weight excluding hydrogens is 280 g/mol. The second-order valence-electron chi connectivity index (χ2n) is 4.86. The van der Waals surface area contributed by atoms with Gasteiger partial charge in [0.15, 0.2) is 0 Å². The Kier molecular flexibility index (Phi) is 4.42. The summed E-state index contributed by atoms with van der Waals surface area (Å²) in [6.07, 6.45) is 2.88. The number of halogens is 1. The Morgan fingerprint density at radius 2 is 2.06 bits per heavy atom. The van der Waals surface area contributed by atoms with Crippen molar-refractivity contribution in [3.8, 4) is 0 Å². The van der Waals surface area contributed by atoms with Crippen molar-refractivity contribution < 1.29 is 4.79 Å². The van der Waals surface area contributed by atoms with E-state index in [0.717, 1.165) is 23.1 Å². The Balaban J connectivity index is 3.04. The molecule has 0 fully saturated rings. The Bertz CT molecular complexity index is 410. The van der Waals surface area contributed by atoms with Gasteiger partial charge in [-0.2, -0.15) is 0 Å². The fraction of sp³-hybridized carbons (Fsp3) is 0.615. The summed E-state index contributed by atoms with van der Waals surface area (Å²) in [5, 5.41) is 0. The number of rotatable bonds is 4. The summed E-state index contributed by atoms with van der Waals surface area (Å²) < 4.78 is 2.92. The zero-order valence-corrected chi connectivity index (χ0v) is 12.8. The molecule has 17 heavy (non-hydrogen) atoms. The molecule has 0 saturated heterocycles. The molecule has 0 bridgehead atoms. The zero-order chi connectivity index (χ0) is 13.2. The Hall–Kier alpha value is -0.770. The first-order valence-electron chi connectivity index (χ1n) is 5.97. The van der Waals surface area contributed by atoms with E-state index in [-0.39, 0.29) is 11.4 Å². The molecule has 0 aliphatic heterocycles. The third kappa shape index (κ3) is 2.92. The summed E-state index contributed by atoms with van der Waals surface area (Å²) >= 11 is 3.42. The van der Waals surface area contributed by atoms with Crippen molar-refractivity contribution in [1.82, 2.24) is 9.47 Å². The van der Waals surface area contributed by atoms with Gasteiger partial charge in [0.1, 0.15) is 5.69 Å². The molecule has 3 nitrogen and oxygen atoms in total. The minimum Gasteiger partial charge on any atom is -0.343 e. The molecule has 0 radical (unpaired) electrons. The molecule has 0 N–H and O–H groups in total. The normalized spacial score (nSPS) is 11.6. The molecule has 96 valence electrons. The maximum absolute atomic E-state index is 12.4. The van der Waals surface area contributed by atoms with Crippen LogP contribution >= 0.6 is 15.9 Å². The standard InChI is InChI=1S/C13H21BrN2O/c1-6-13(3,4)15(5)12(17)11-8-10(14)9-16(11)7-2/h8-9H,6-7H2,1-5H3. The second kappa shape index (κ2) is 5.25. The summed E-state index contributed by atoms with van der Waals surface area (Å²) in [6.45, 7) is 9.10. The molecule has 1 rings (SSSR count). The Morgan fingerprint density at radius 1 is 1.47 bits per heavy atom. The van der Waals surface area contributed by atoms with Crippen molar-refractivity contribution in [2.24, 2.45) is 0 Å². The molecule has 0 aromatic carbocycles. The summed E-state index contributed by atoms with van der Waals surface area (Å²) in [5.74, 6) is 0.0735. The maximum Gasteiger partial charge on any atom is 0.270 e. The first-order chi connectivity index (χ1) is 7.83. The second-order valence-corrected chi connectivity index (χ2v) is 5.78. The average Bonchev–Trinajstić information content (AvgIpc) is 2.68.